The van der Waals surface area contributed by atoms with E-state index >= 15 is 0 Å². The van der Waals surface area contributed by atoms with E-state index < -0.39 is 16.0 Å². The molecular formula is C17H17NO4S. The monoisotopic (exact) mass is 331 g/mol. The normalized spacial score (nSPS) is 11.4. The van der Waals surface area contributed by atoms with Crippen LogP contribution < -0.4 is 4.72 Å². The van der Waals surface area contributed by atoms with Crippen molar-refractivity contribution >= 4 is 27.8 Å². The molecule has 120 valence electrons. The van der Waals surface area contributed by atoms with Crippen LogP contribution in [0.25, 0.3) is 6.08 Å². The topological polar surface area (TPSA) is 72.5 Å². The fourth-order valence-electron chi connectivity index (χ4n) is 1.95. The summed E-state index contributed by atoms with van der Waals surface area (Å²) in [6, 6.07) is 13.6. The molecule has 0 aromatic heterocycles. The van der Waals surface area contributed by atoms with Crippen LogP contribution in [0.2, 0.25) is 0 Å². The van der Waals surface area contributed by atoms with Crippen LogP contribution in [0.1, 0.15) is 11.1 Å². The molecule has 0 heterocycles. The summed E-state index contributed by atoms with van der Waals surface area (Å²) in [4.78, 5) is 11.3. The molecule has 0 amide bonds. The summed E-state index contributed by atoms with van der Waals surface area (Å²) >= 11 is 0. The zero-order valence-corrected chi connectivity index (χ0v) is 13.6. The van der Waals surface area contributed by atoms with Crippen molar-refractivity contribution in [2.75, 3.05) is 11.8 Å². The highest BCUT2D eigenvalue weighted by Crippen LogP contribution is 2.22. The van der Waals surface area contributed by atoms with Gasteiger partial charge in [-0.25, -0.2) is 13.2 Å². The zero-order chi connectivity index (χ0) is 16.9. The number of nitrogens with one attached hydrogen (secondary N) is 1. The Kier molecular flexibility index (Phi) is 5.18. The molecule has 6 heteroatoms. The summed E-state index contributed by atoms with van der Waals surface area (Å²) in [6.07, 6.45) is 2.61. The molecular weight excluding hydrogens is 314 g/mol. The number of hydrogen-bond acceptors (Lipinski definition) is 4. The van der Waals surface area contributed by atoms with Crippen LogP contribution >= 0.6 is 0 Å². The summed E-state index contributed by atoms with van der Waals surface area (Å²) < 4.78 is 32.3. The van der Waals surface area contributed by atoms with Crippen molar-refractivity contribution in [2.24, 2.45) is 0 Å². The minimum absolute atomic E-state index is 0.0986. The Balaban J connectivity index is 2.42. The quantitative estimate of drug-likeness (QED) is 0.675. The van der Waals surface area contributed by atoms with Gasteiger partial charge in [-0.2, -0.15) is 0 Å². The van der Waals surface area contributed by atoms with E-state index in [0.29, 0.717) is 11.3 Å². The smallest absolute Gasteiger partial charge is 0.330 e. The summed E-state index contributed by atoms with van der Waals surface area (Å²) in [6.45, 7) is 1.80. The van der Waals surface area contributed by atoms with Gasteiger partial charge in [0.15, 0.2) is 0 Å². The van der Waals surface area contributed by atoms with E-state index in [1.165, 1.54) is 19.3 Å². The molecule has 2 rings (SSSR count). The van der Waals surface area contributed by atoms with Crippen LogP contribution in [-0.4, -0.2) is 21.5 Å². The predicted octanol–water partition coefficient (Wildman–Crippen LogP) is 2.98. The fourth-order valence-corrected chi connectivity index (χ4v) is 3.30. The minimum Gasteiger partial charge on any atom is -0.466 e. The zero-order valence-electron chi connectivity index (χ0n) is 12.8. The second-order valence-corrected chi connectivity index (χ2v) is 6.52. The van der Waals surface area contributed by atoms with Crippen molar-refractivity contribution in [3.63, 3.8) is 0 Å². The van der Waals surface area contributed by atoms with Crippen LogP contribution in [0.4, 0.5) is 5.69 Å². The first-order valence-corrected chi connectivity index (χ1v) is 8.35. The lowest BCUT2D eigenvalue weighted by atomic mass is 10.1. The van der Waals surface area contributed by atoms with Gasteiger partial charge in [-0.1, -0.05) is 30.3 Å². The fraction of sp³-hybridized carbons (Fsp3) is 0.118. The number of sulfonamides is 1. The molecule has 0 bridgehead atoms. The highest BCUT2D eigenvalue weighted by Gasteiger charge is 2.18. The van der Waals surface area contributed by atoms with Gasteiger partial charge >= 0.3 is 5.97 Å². The highest BCUT2D eigenvalue weighted by molar-refractivity contribution is 7.92. The van der Waals surface area contributed by atoms with E-state index in [9.17, 15) is 13.2 Å². The molecule has 0 saturated heterocycles. The number of para-hydroxylation sites is 1. The van der Waals surface area contributed by atoms with E-state index in [4.69, 9.17) is 0 Å². The maximum absolute atomic E-state index is 12.6. The van der Waals surface area contributed by atoms with Crippen molar-refractivity contribution in [1.29, 1.82) is 0 Å². The molecule has 0 fully saturated rings. The molecule has 2 aromatic rings. The third-order valence-electron chi connectivity index (χ3n) is 3.08. The molecule has 0 aliphatic heterocycles. The average Bonchev–Trinajstić information content (AvgIpc) is 2.53. The third kappa shape index (κ3) is 4.43. The molecule has 0 spiro atoms. The standard InChI is InChI=1S/C17H17NO4S/c1-13-8-9-14(10-11-17(19)22-2)16(12-13)23(20,21)18-15-6-4-3-5-7-15/h3-12,18H,1-2H3/b11-10+. The minimum atomic E-state index is -3.77. The van der Waals surface area contributed by atoms with Gasteiger partial charge in [0.1, 0.15) is 0 Å². The van der Waals surface area contributed by atoms with Crippen LogP contribution in [0, 0.1) is 6.92 Å². The number of rotatable bonds is 5. The van der Waals surface area contributed by atoms with E-state index in [1.54, 1.807) is 55.5 Å². The Hall–Kier alpha value is -2.60. The molecule has 5 nitrogen and oxygen atoms in total. The van der Waals surface area contributed by atoms with Crippen molar-refractivity contribution in [3.8, 4) is 0 Å². The molecule has 23 heavy (non-hydrogen) atoms. The second-order valence-electron chi connectivity index (χ2n) is 4.87. The Morgan fingerprint density at radius 1 is 1.13 bits per heavy atom. The van der Waals surface area contributed by atoms with Crippen LogP contribution in [-0.2, 0) is 19.6 Å². The van der Waals surface area contributed by atoms with Crippen molar-refractivity contribution in [2.45, 2.75) is 11.8 Å². The highest BCUT2D eigenvalue weighted by atomic mass is 32.2. The molecule has 0 radical (unpaired) electrons. The largest absolute Gasteiger partial charge is 0.466 e. The second kappa shape index (κ2) is 7.11. The number of esters is 1. The van der Waals surface area contributed by atoms with Gasteiger partial charge in [-0.3, -0.25) is 4.72 Å². The van der Waals surface area contributed by atoms with Gasteiger partial charge in [0.05, 0.1) is 12.0 Å². The maximum atomic E-state index is 12.6. The molecule has 1 N–H and O–H groups in total. The van der Waals surface area contributed by atoms with E-state index in [1.807, 2.05) is 0 Å². The Morgan fingerprint density at radius 3 is 2.48 bits per heavy atom. The summed E-state index contributed by atoms with van der Waals surface area (Å²) in [5.41, 5.74) is 1.68. The third-order valence-corrected chi connectivity index (χ3v) is 4.52. The van der Waals surface area contributed by atoms with Gasteiger partial charge in [0, 0.05) is 11.8 Å². The van der Waals surface area contributed by atoms with Crippen molar-refractivity contribution in [1.82, 2.24) is 0 Å². The lowest BCUT2D eigenvalue weighted by Gasteiger charge is -2.11. The van der Waals surface area contributed by atoms with Gasteiger partial charge in [0.25, 0.3) is 10.0 Å². The molecule has 2 aromatic carbocycles. The molecule has 0 aliphatic rings. The predicted molar refractivity (Wildman–Crippen MR) is 89.5 cm³/mol. The van der Waals surface area contributed by atoms with Gasteiger partial charge < -0.3 is 4.74 Å². The van der Waals surface area contributed by atoms with E-state index in [2.05, 4.69) is 9.46 Å². The molecule has 0 unspecified atom stereocenters. The van der Waals surface area contributed by atoms with Crippen LogP contribution in [0.15, 0.2) is 59.5 Å². The summed E-state index contributed by atoms with van der Waals surface area (Å²) in [5, 5.41) is 0. The summed E-state index contributed by atoms with van der Waals surface area (Å²) in [7, 11) is -2.51. The molecule has 0 aliphatic carbocycles. The lowest BCUT2D eigenvalue weighted by Crippen LogP contribution is -2.14. The number of carbonyl (C=O) groups excluding carboxylic acids is 1. The van der Waals surface area contributed by atoms with Crippen molar-refractivity contribution < 1.29 is 17.9 Å². The van der Waals surface area contributed by atoms with Crippen LogP contribution in [0.3, 0.4) is 0 Å². The number of methoxy groups -OCH3 is 1. The number of ether oxygens (including phenoxy) is 1. The van der Waals surface area contributed by atoms with Crippen molar-refractivity contribution in [3.05, 3.63) is 65.7 Å². The van der Waals surface area contributed by atoms with E-state index in [-0.39, 0.29) is 4.90 Å². The molecule has 0 atom stereocenters. The number of anilines is 1. The SMILES string of the molecule is COC(=O)/C=C/c1ccc(C)cc1S(=O)(=O)Nc1ccccc1. The summed E-state index contributed by atoms with van der Waals surface area (Å²) in [5.74, 6) is -0.551. The van der Waals surface area contributed by atoms with E-state index in [0.717, 1.165) is 5.56 Å². The Bertz CT molecular complexity index is 827. The maximum Gasteiger partial charge on any atom is 0.330 e. The first-order chi connectivity index (χ1) is 10.9. The van der Waals surface area contributed by atoms with Gasteiger partial charge in [-0.15, -0.1) is 0 Å². The lowest BCUT2D eigenvalue weighted by molar-refractivity contribution is -0.134. The van der Waals surface area contributed by atoms with Crippen LogP contribution in [0.5, 0.6) is 0 Å². The first-order valence-electron chi connectivity index (χ1n) is 6.87. The number of hydrogen-bond donors (Lipinski definition) is 1. The number of benzene rings is 2. The Morgan fingerprint density at radius 2 is 1.83 bits per heavy atom. The van der Waals surface area contributed by atoms with Gasteiger partial charge in [-0.05, 0) is 42.3 Å². The van der Waals surface area contributed by atoms with Gasteiger partial charge in [0.2, 0.25) is 0 Å². The number of carbonyl (C=O) groups is 1. The first kappa shape index (κ1) is 16.8. The number of aryl methyl sites for hydroxylation is 1. The molecule has 0 saturated carbocycles. The average molecular weight is 331 g/mol. The Labute approximate surface area is 135 Å².